The minimum Gasteiger partial charge on any atom is -0.506 e. The van der Waals surface area contributed by atoms with Gasteiger partial charge in [0.25, 0.3) is 0 Å². The molecule has 1 fully saturated rings. The number of ether oxygens (including phenoxy) is 3. The number of fused-ring (bicyclic) bond motifs is 1. The molecule has 1 atom stereocenters. The Morgan fingerprint density at radius 3 is 2.31 bits per heavy atom. The number of nitrogens with one attached hydrogen (secondary N) is 2. The number of unbranched alkanes of at least 4 members (excludes halogenated alkanes) is 1. The first-order chi connectivity index (χ1) is 29.0. The molecule has 1 aliphatic carbocycles. The molecule has 2 aromatic carbocycles. The highest BCUT2D eigenvalue weighted by Crippen LogP contribution is 2.42. The first kappa shape index (κ1) is 46.8. The summed E-state index contributed by atoms with van der Waals surface area (Å²) >= 11 is 9.48. The van der Waals surface area contributed by atoms with Gasteiger partial charge in [-0.2, -0.15) is 0 Å². The lowest BCUT2D eigenvalue weighted by Gasteiger charge is -2.39. The number of carbonyl (C=O) groups is 1. The second-order valence-electron chi connectivity index (χ2n) is 17.4. The number of phenols is 1. The number of rotatable bonds is 19. The summed E-state index contributed by atoms with van der Waals surface area (Å²) in [6.07, 6.45) is 4.55. The van der Waals surface area contributed by atoms with Gasteiger partial charge in [0, 0.05) is 42.2 Å². The number of hydrogen-bond acceptors (Lipinski definition) is 12. The van der Waals surface area contributed by atoms with E-state index < -0.39 is 19.9 Å². The van der Waals surface area contributed by atoms with E-state index in [1.807, 2.05) is 41.1 Å². The number of carbonyl (C=O) groups excluding carboxylic acids is 1. The van der Waals surface area contributed by atoms with Gasteiger partial charge in [0.15, 0.2) is 8.32 Å². The quantitative estimate of drug-likeness (QED) is 0.0360. The lowest BCUT2D eigenvalue weighted by molar-refractivity contribution is -0.169. The highest BCUT2D eigenvalue weighted by Gasteiger charge is 2.45. The minimum atomic E-state index is -2.25. The van der Waals surface area contributed by atoms with Crippen LogP contribution >= 0.6 is 34.3 Å². The van der Waals surface area contributed by atoms with Gasteiger partial charge in [-0.1, -0.05) is 50.6 Å². The average molecular weight is 911 g/mol. The first-order valence-electron chi connectivity index (χ1n) is 21.0. The molecule has 1 aliphatic rings. The Morgan fingerprint density at radius 2 is 1.69 bits per heavy atom. The second kappa shape index (κ2) is 20.2. The maximum Gasteiger partial charge on any atom is 0.349 e. The number of pyridine rings is 1. The number of aliphatic hydroxyl groups is 1. The predicted octanol–water partition coefficient (Wildman–Crippen LogP) is 9.75. The molecule has 0 unspecified atom stereocenters. The molecular weight excluding hydrogens is 850 g/mol. The number of nitrogens with zero attached hydrogens (tertiary/aromatic N) is 1. The number of phenolic OH excluding ortho intramolecular Hbond substituents is 1. The minimum absolute atomic E-state index is 0.0110. The van der Waals surface area contributed by atoms with E-state index in [1.165, 1.54) is 28.7 Å². The molecule has 0 aliphatic heterocycles. The second-order valence-corrected chi connectivity index (χ2v) is 24.5. The van der Waals surface area contributed by atoms with E-state index >= 15 is 0 Å². The van der Waals surface area contributed by atoms with E-state index in [0.29, 0.717) is 57.5 Å². The zero-order valence-corrected chi connectivity index (χ0v) is 39.6. The van der Waals surface area contributed by atoms with Crippen LogP contribution in [0.1, 0.15) is 86.3 Å². The predicted molar refractivity (Wildman–Crippen MR) is 248 cm³/mol. The molecule has 3 aromatic heterocycles. The number of aromatic nitrogens is 1. The van der Waals surface area contributed by atoms with Crippen LogP contribution in [-0.4, -0.2) is 80.4 Å². The van der Waals surface area contributed by atoms with Crippen molar-refractivity contribution in [2.75, 3.05) is 33.9 Å². The van der Waals surface area contributed by atoms with Crippen LogP contribution in [0.5, 0.6) is 17.2 Å². The number of H-pyrrole nitrogens is 1. The number of halogens is 1. The number of esters is 1. The molecular formula is C46H60ClN3O8S2Si. The maximum atomic E-state index is 13.4. The largest absolute Gasteiger partial charge is 0.506 e. The van der Waals surface area contributed by atoms with Crippen molar-refractivity contribution in [2.45, 2.75) is 108 Å². The smallest absolute Gasteiger partial charge is 0.349 e. The van der Waals surface area contributed by atoms with Gasteiger partial charge in [-0.15, -0.1) is 22.7 Å². The third-order valence-corrected chi connectivity index (χ3v) is 19.0. The topological polar surface area (TPSA) is 143 Å². The molecule has 1 saturated carbocycles. The standard InChI is InChI=1S/C46H60ClN3O8S2Si/c1-45(2,3)61(6,7)58-39(33-18-20-36(51)43-34(33)19-21-42(52)49-43)29-48-28-30-26-35(47)38(27-37(30)55-5)56-23-9-8-22-50(4)31-14-16-32(17-15-31)57-44(53)46(54,40-12-10-24-59-40)41-13-11-25-60-41/h10-13,18-21,24-27,31-32,39,48,51,54H,8-9,14-17,22-23,28-29H2,1-7H3,(H,49,52)/t31?,32?,39-/m1/s1. The zero-order chi connectivity index (χ0) is 44.0. The molecule has 6 rings (SSSR count). The lowest BCUT2D eigenvalue weighted by atomic mass is 9.91. The van der Waals surface area contributed by atoms with Crippen LogP contribution in [0.15, 0.2) is 76.2 Å². The molecule has 4 N–H and O–H groups in total. The van der Waals surface area contributed by atoms with E-state index in [2.05, 4.69) is 56.1 Å². The Balaban J connectivity index is 0.977. The summed E-state index contributed by atoms with van der Waals surface area (Å²) in [5.41, 5.74) is 0.0718. The molecule has 0 radical (unpaired) electrons. The fourth-order valence-electron chi connectivity index (χ4n) is 7.60. The summed E-state index contributed by atoms with van der Waals surface area (Å²) in [6, 6.07) is 18.0. The van der Waals surface area contributed by atoms with Crippen molar-refractivity contribution in [1.82, 2.24) is 15.2 Å². The third kappa shape index (κ3) is 11.1. The van der Waals surface area contributed by atoms with Crippen molar-refractivity contribution in [2.24, 2.45) is 0 Å². The first-order valence-corrected chi connectivity index (χ1v) is 26.0. The molecule has 3 heterocycles. The number of benzene rings is 2. The molecule has 0 spiro atoms. The number of methoxy groups -OCH3 is 1. The van der Waals surface area contributed by atoms with Crippen molar-refractivity contribution in [3.8, 4) is 17.2 Å². The fraction of sp³-hybridized carbons (Fsp3) is 0.478. The van der Waals surface area contributed by atoms with Crippen LogP contribution in [0, 0.1) is 0 Å². The molecule has 0 bridgehead atoms. The highest BCUT2D eigenvalue weighted by atomic mass is 35.5. The van der Waals surface area contributed by atoms with E-state index in [9.17, 15) is 19.8 Å². The highest BCUT2D eigenvalue weighted by molar-refractivity contribution is 7.12. The fourth-order valence-corrected chi connectivity index (χ4v) is 10.8. The van der Waals surface area contributed by atoms with Gasteiger partial charge in [-0.05, 0) is 117 Å². The van der Waals surface area contributed by atoms with Gasteiger partial charge in [-0.3, -0.25) is 4.79 Å². The van der Waals surface area contributed by atoms with Gasteiger partial charge >= 0.3 is 5.97 Å². The maximum absolute atomic E-state index is 13.4. The van der Waals surface area contributed by atoms with E-state index in [1.54, 1.807) is 31.4 Å². The van der Waals surface area contributed by atoms with Crippen LogP contribution in [0.4, 0.5) is 0 Å². The Hall–Kier alpha value is -3.73. The van der Waals surface area contributed by atoms with Crippen LogP contribution in [0.3, 0.4) is 0 Å². The Morgan fingerprint density at radius 1 is 1.00 bits per heavy atom. The van der Waals surface area contributed by atoms with Crippen LogP contribution in [0.25, 0.3) is 10.9 Å². The van der Waals surface area contributed by atoms with Gasteiger partial charge in [0.05, 0.1) is 40.1 Å². The van der Waals surface area contributed by atoms with Crippen LogP contribution in [-0.2, 0) is 26.1 Å². The molecule has 11 nitrogen and oxygen atoms in total. The molecule has 330 valence electrons. The van der Waals surface area contributed by atoms with Gasteiger partial charge in [-0.25, -0.2) is 4.79 Å². The summed E-state index contributed by atoms with van der Waals surface area (Å²) in [5, 5.41) is 30.6. The Labute approximate surface area is 373 Å². The van der Waals surface area contributed by atoms with Crippen molar-refractivity contribution in [3.05, 3.63) is 108 Å². The average Bonchev–Trinajstić information content (AvgIpc) is 3.98. The zero-order valence-electron chi connectivity index (χ0n) is 36.2. The summed E-state index contributed by atoms with van der Waals surface area (Å²) in [6.45, 7) is 13.3. The van der Waals surface area contributed by atoms with Gasteiger partial charge in [0.2, 0.25) is 11.2 Å². The number of hydrogen-bond donors (Lipinski definition) is 4. The number of aromatic amines is 1. The van der Waals surface area contributed by atoms with Crippen LogP contribution < -0.4 is 20.3 Å². The molecule has 0 amide bonds. The molecule has 15 heteroatoms. The Kier molecular flexibility index (Phi) is 15.5. The van der Waals surface area contributed by atoms with E-state index in [-0.39, 0.29) is 28.6 Å². The summed E-state index contributed by atoms with van der Waals surface area (Å²) < 4.78 is 24.9. The van der Waals surface area contributed by atoms with E-state index in [4.69, 9.17) is 30.2 Å². The Bertz CT molecular complexity index is 2240. The van der Waals surface area contributed by atoms with Crippen molar-refractivity contribution in [1.29, 1.82) is 0 Å². The van der Waals surface area contributed by atoms with Gasteiger partial charge < -0.3 is 44.1 Å². The number of thiophene rings is 2. The van der Waals surface area contributed by atoms with Crippen LogP contribution in [0.2, 0.25) is 23.2 Å². The number of aromatic hydroxyl groups is 1. The van der Waals surface area contributed by atoms with Crippen molar-refractivity contribution in [3.63, 3.8) is 0 Å². The van der Waals surface area contributed by atoms with Gasteiger partial charge in [0.1, 0.15) is 23.4 Å². The molecule has 0 saturated heterocycles. The summed E-state index contributed by atoms with van der Waals surface area (Å²) in [5.74, 6) is 0.634. The summed E-state index contributed by atoms with van der Waals surface area (Å²) in [4.78, 5) is 31.9. The summed E-state index contributed by atoms with van der Waals surface area (Å²) in [7, 11) is 1.53. The lowest BCUT2D eigenvalue weighted by Crippen LogP contribution is -2.43. The monoisotopic (exact) mass is 909 g/mol. The van der Waals surface area contributed by atoms with E-state index in [0.717, 1.165) is 61.6 Å². The van der Waals surface area contributed by atoms with Crippen molar-refractivity contribution >= 4 is 59.5 Å². The normalized spacial score (nSPS) is 16.8. The molecule has 5 aromatic rings. The van der Waals surface area contributed by atoms with Crippen molar-refractivity contribution < 1.29 is 33.6 Å². The third-order valence-electron chi connectivity index (χ3n) is 12.2. The SMILES string of the molecule is COc1cc(OCCCCN(C)C2CCC(OC(=O)C(O)(c3cccs3)c3cccs3)CC2)c(Cl)cc1CNC[C@@H](O[Si](C)(C)C(C)(C)C)c1ccc(O)c2[nH]c(=O)ccc12. The molecule has 61 heavy (non-hydrogen) atoms.